The van der Waals surface area contributed by atoms with Crippen LogP contribution in [0, 0.1) is 0 Å². The quantitative estimate of drug-likeness (QED) is 0.637. The summed E-state index contributed by atoms with van der Waals surface area (Å²) in [5.74, 6) is -0.924. The van der Waals surface area contributed by atoms with Gasteiger partial charge in [-0.3, -0.25) is 4.79 Å². The molecule has 0 heterocycles. The Bertz CT molecular complexity index is 115. The number of carbonyl (C=O) groups is 2. The van der Waals surface area contributed by atoms with Crippen molar-refractivity contribution in [2.75, 3.05) is 0 Å². The fourth-order valence-electron chi connectivity index (χ4n) is 0.358. The molecule has 0 saturated heterocycles. The molecule has 0 aliphatic heterocycles. The van der Waals surface area contributed by atoms with E-state index in [0.29, 0.717) is 6.29 Å². The van der Waals surface area contributed by atoms with Crippen molar-refractivity contribution in [3.8, 4) is 0 Å². The highest BCUT2D eigenvalue weighted by Crippen LogP contribution is 1.90. The summed E-state index contributed by atoms with van der Waals surface area (Å²) in [7, 11) is 0. The van der Waals surface area contributed by atoms with E-state index in [4.69, 9.17) is 10.8 Å². The molecule has 0 aromatic rings. The number of hydrogen-bond acceptors (Lipinski definition) is 3. The van der Waals surface area contributed by atoms with Gasteiger partial charge in [-0.2, -0.15) is 0 Å². The average Bonchev–Trinajstić information content (AvgIpc) is 1.83. The lowest BCUT2D eigenvalue weighted by atomic mass is 10.2. The van der Waals surface area contributed by atoms with Crippen molar-refractivity contribution in [1.29, 1.82) is 0 Å². The zero-order valence-corrected chi connectivity index (χ0v) is 4.91. The molecule has 4 nitrogen and oxygen atoms in total. The summed E-state index contributed by atoms with van der Waals surface area (Å²) in [6.45, 7) is 0. The predicted molar refractivity (Wildman–Crippen MR) is 51.1 cm³/mol. The van der Waals surface area contributed by atoms with Crippen LogP contribution in [0.2, 0.25) is 0 Å². The lowest BCUT2D eigenvalue weighted by molar-refractivity contribution is -0.137. The molecule has 0 aliphatic rings. The van der Waals surface area contributed by atoms with Gasteiger partial charge in [-0.1, -0.05) is 22.3 Å². The number of aliphatic carboxylic acids is 1. The van der Waals surface area contributed by atoms with Gasteiger partial charge in [0.25, 0.3) is 0 Å². The van der Waals surface area contributed by atoms with Crippen molar-refractivity contribution in [2.45, 2.75) is 41.2 Å². The van der Waals surface area contributed by atoms with E-state index in [1.54, 1.807) is 0 Å². The Labute approximate surface area is 74.8 Å². The Morgan fingerprint density at radius 1 is 1.42 bits per heavy atom. The molecule has 12 heavy (non-hydrogen) atoms. The summed E-state index contributed by atoms with van der Waals surface area (Å²) in [6, 6.07) is -0.624. The van der Waals surface area contributed by atoms with Crippen LogP contribution in [0.3, 0.4) is 0 Å². The Kier molecular flexibility index (Phi) is 23.9. The van der Waals surface area contributed by atoms with Crippen molar-refractivity contribution in [3.63, 3.8) is 0 Å². The number of carboxylic acid groups (broad SMARTS) is 1. The number of carbonyl (C=O) groups excluding carboxylic acids is 1. The molecule has 0 bridgehead atoms. The van der Waals surface area contributed by atoms with E-state index in [1.807, 2.05) is 0 Å². The van der Waals surface area contributed by atoms with Crippen molar-refractivity contribution < 1.29 is 14.7 Å². The molecule has 0 aromatic carbocycles. The molecule has 3 N–H and O–H groups in total. The Balaban J connectivity index is -0.000000107. The molecule has 0 saturated carbocycles. The number of carboxylic acids is 1. The average molecular weight is 179 g/mol. The molecule has 0 amide bonds. The number of hydrogen-bond donors (Lipinski definition) is 2. The molecular weight excluding hydrogens is 158 g/mol. The van der Waals surface area contributed by atoms with Gasteiger partial charge in [-0.15, -0.1) is 0 Å². The van der Waals surface area contributed by atoms with Crippen molar-refractivity contribution in [1.82, 2.24) is 0 Å². The van der Waals surface area contributed by atoms with E-state index in [-0.39, 0.29) is 35.1 Å². The topological polar surface area (TPSA) is 80.4 Å². The minimum absolute atomic E-state index is 0. The van der Waals surface area contributed by atoms with Gasteiger partial charge in [0.05, 0.1) is 6.04 Å². The highest BCUT2D eigenvalue weighted by molar-refractivity contribution is 5.68. The lowest BCUT2D eigenvalue weighted by Gasteiger charge is -1.97. The van der Waals surface area contributed by atoms with Gasteiger partial charge in [0.2, 0.25) is 0 Å². The Hall–Kier alpha value is -0.900. The number of rotatable bonds is 4. The number of nitrogens with two attached hydrogens (primary N) is 1. The standard InChI is InChI=1S/C5H9NO3.3CH4/c6-4(3-7)1-2-5(8)9;;;/h3-4H,1-2,6H2,(H,8,9);3*1H4/t4-;;;/m0.../s1. The smallest absolute Gasteiger partial charge is 0.303 e. The molecule has 0 aromatic heterocycles. The van der Waals surface area contributed by atoms with Crippen LogP contribution in [0.15, 0.2) is 0 Å². The maximum Gasteiger partial charge on any atom is 0.303 e. The Morgan fingerprint density at radius 3 is 2.08 bits per heavy atom. The first-order chi connectivity index (χ1) is 4.16. The summed E-state index contributed by atoms with van der Waals surface area (Å²) < 4.78 is 0. The lowest BCUT2D eigenvalue weighted by Crippen LogP contribution is -2.22. The van der Waals surface area contributed by atoms with E-state index in [9.17, 15) is 9.59 Å². The van der Waals surface area contributed by atoms with Crippen LogP contribution in [0.25, 0.3) is 0 Å². The fraction of sp³-hybridized carbons (Fsp3) is 0.750. The van der Waals surface area contributed by atoms with Crippen LogP contribution >= 0.6 is 0 Å². The molecular formula is C8H21NO3. The van der Waals surface area contributed by atoms with Gasteiger partial charge >= 0.3 is 5.97 Å². The van der Waals surface area contributed by atoms with Crippen molar-refractivity contribution >= 4 is 12.3 Å². The first-order valence-electron chi connectivity index (χ1n) is 2.59. The van der Waals surface area contributed by atoms with Gasteiger partial charge < -0.3 is 15.6 Å². The largest absolute Gasteiger partial charge is 0.481 e. The van der Waals surface area contributed by atoms with Crippen LogP contribution in [-0.2, 0) is 9.59 Å². The van der Waals surface area contributed by atoms with Gasteiger partial charge in [0.15, 0.2) is 0 Å². The van der Waals surface area contributed by atoms with Crippen LogP contribution in [0.1, 0.15) is 35.1 Å². The van der Waals surface area contributed by atoms with Crippen LogP contribution < -0.4 is 5.73 Å². The summed E-state index contributed by atoms with van der Waals surface area (Å²) in [5, 5.41) is 8.09. The Morgan fingerprint density at radius 2 is 1.83 bits per heavy atom. The molecule has 4 heteroatoms. The second kappa shape index (κ2) is 12.7. The second-order valence-electron chi connectivity index (χ2n) is 1.73. The molecule has 76 valence electrons. The predicted octanol–water partition coefficient (Wildman–Crippen LogP) is 1.29. The minimum Gasteiger partial charge on any atom is -0.481 e. The summed E-state index contributed by atoms with van der Waals surface area (Å²) in [6.07, 6.45) is 0.724. The molecule has 0 unspecified atom stereocenters. The van der Waals surface area contributed by atoms with E-state index in [0.717, 1.165) is 0 Å². The van der Waals surface area contributed by atoms with Gasteiger partial charge in [0, 0.05) is 6.42 Å². The molecule has 0 spiro atoms. The third kappa shape index (κ3) is 16.0. The first kappa shape index (κ1) is 22.5. The fourth-order valence-corrected chi connectivity index (χ4v) is 0.358. The van der Waals surface area contributed by atoms with Crippen LogP contribution in [-0.4, -0.2) is 23.4 Å². The van der Waals surface area contributed by atoms with E-state index in [2.05, 4.69) is 0 Å². The maximum absolute atomic E-state index is 9.85. The monoisotopic (exact) mass is 179 g/mol. The highest BCUT2D eigenvalue weighted by atomic mass is 16.4. The SMILES string of the molecule is C.C.C.N[C@H](C=O)CCC(=O)O. The summed E-state index contributed by atoms with van der Waals surface area (Å²) in [4.78, 5) is 19.6. The zero-order chi connectivity index (χ0) is 7.28. The first-order valence-corrected chi connectivity index (χ1v) is 2.59. The zero-order valence-electron chi connectivity index (χ0n) is 4.91. The molecule has 0 fully saturated rings. The van der Waals surface area contributed by atoms with E-state index in [1.165, 1.54) is 0 Å². The number of aldehydes is 1. The normalized spacial score (nSPS) is 9.42. The summed E-state index contributed by atoms with van der Waals surface area (Å²) in [5.41, 5.74) is 5.09. The van der Waals surface area contributed by atoms with E-state index < -0.39 is 12.0 Å². The van der Waals surface area contributed by atoms with Crippen molar-refractivity contribution in [2.24, 2.45) is 5.73 Å². The van der Waals surface area contributed by atoms with Crippen LogP contribution in [0.5, 0.6) is 0 Å². The van der Waals surface area contributed by atoms with E-state index >= 15 is 0 Å². The highest BCUT2D eigenvalue weighted by Gasteiger charge is 2.02. The molecule has 1 atom stereocenters. The van der Waals surface area contributed by atoms with Gasteiger partial charge in [-0.25, -0.2) is 0 Å². The second-order valence-corrected chi connectivity index (χ2v) is 1.73. The van der Waals surface area contributed by atoms with Crippen LogP contribution in [0.4, 0.5) is 0 Å². The van der Waals surface area contributed by atoms with Gasteiger partial charge in [0.1, 0.15) is 6.29 Å². The molecule has 0 radical (unpaired) electrons. The third-order valence-electron chi connectivity index (χ3n) is 0.866. The maximum atomic E-state index is 9.85. The molecule has 0 rings (SSSR count). The third-order valence-corrected chi connectivity index (χ3v) is 0.866. The van der Waals surface area contributed by atoms with Gasteiger partial charge in [-0.05, 0) is 6.42 Å². The minimum atomic E-state index is -0.924. The molecule has 0 aliphatic carbocycles. The summed E-state index contributed by atoms with van der Waals surface area (Å²) >= 11 is 0. The van der Waals surface area contributed by atoms with Crippen molar-refractivity contribution in [3.05, 3.63) is 0 Å².